The highest BCUT2D eigenvalue weighted by Crippen LogP contribution is 2.38. The molecule has 5 aromatic rings. The summed E-state index contributed by atoms with van der Waals surface area (Å²) in [6.45, 7) is 3.57. The molecule has 0 atom stereocenters. The second-order valence-corrected chi connectivity index (χ2v) is 13.1. The van der Waals surface area contributed by atoms with Gasteiger partial charge < -0.3 is 20.3 Å². The van der Waals surface area contributed by atoms with Gasteiger partial charge in [-0.2, -0.15) is 0 Å². The normalized spacial score (nSPS) is 17.5. The minimum atomic E-state index is -0.151. The second-order valence-electron chi connectivity index (χ2n) is 12.1. The van der Waals surface area contributed by atoms with Crippen LogP contribution in [0.5, 0.6) is 0 Å². The molecule has 2 aliphatic heterocycles. The van der Waals surface area contributed by atoms with Crippen LogP contribution in [0.3, 0.4) is 0 Å². The van der Waals surface area contributed by atoms with Crippen LogP contribution in [0, 0.1) is 0 Å². The Morgan fingerprint density at radius 3 is 2.56 bits per heavy atom. The number of nitrogens with two attached hydrogens (primary N) is 1. The Hall–Kier alpha value is -3.99. The molecule has 3 aromatic heterocycles. The predicted octanol–water partition coefficient (Wildman–Crippen LogP) is 5.78. The van der Waals surface area contributed by atoms with Crippen LogP contribution in [-0.2, 0) is 24.5 Å². The summed E-state index contributed by atoms with van der Waals surface area (Å²) in [7, 11) is 2.18. The molecule has 8 rings (SSSR count). The smallest absolute Gasteiger partial charge is 0.261 e. The summed E-state index contributed by atoms with van der Waals surface area (Å²) in [5.41, 5.74) is 12.3. The lowest BCUT2D eigenvalue weighted by atomic mass is 9.98. The highest BCUT2D eigenvalue weighted by atomic mass is 32.1. The average molecular weight is 592 g/mol. The van der Waals surface area contributed by atoms with Gasteiger partial charge in [0.1, 0.15) is 11.6 Å². The lowest BCUT2D eigenvalue weighted by Crippen LogP contribution is -2.30. The largest absolute Gasteiger partial charge is 0.383 e. The molecular formula is C33H33N7O2S. The number of nitrogens with zero attached hydrogens (tertiary/aromatic N) is 6. The topological polar surface area (TPSA) is 110 Å². The fourth-order valence-corrected chi connectivity index (χ4v) is 7.39. The number of benzene rings is 2. The first-order valence-electron chi connectivity index (χ1n) is 15.0. The molecule has 3 aliphatic rings. The van der Waals surface area contributed by atoms with Gasteiger partial charge in [-0.3, -0.25) is 4.79 Å². The van der Waals surface area contributed by atoms with Gasteiger partial charge in [0, 0.05) is 40.9 Å². The standard InChI is InChI=1S/C33H33N7O2S/c1-39-10-8-21(9-11-39)32-38-28-13-23(5-7-29(28)43-32)40(33(41)22-14-35-31(36-15-22)20-3-4-20)16-19-2-6-24-25-17-42-18-26(25)30(34)37-27(24)12-19/h2,5-7,12-15,20-21H,3-4,8-11,16-18H2,1H3,(H2,34,37). The van der Waals surface area contributed by atoms with Crippen LogP contribution in [0.15, 0.2) is 48.8 Å². The first kappa shape index (κ1) is 26.6. The number of thiazole rings is 1. The van der Waals surface area contributed by atoms with Gasteiger partial charge in [-0.1, -0.05) is 12.1 Å². The highest BCUT2D eigenvalue weighted by Gasteiger charge is 2.28. The molecule has 0 unspecified atom stereocenters. The van der Waals surface area contributed by atoms with Gasteiger partial charge in [-0.25, -0.2) is 19.9 Å². The molecular weight excluding hydrogens is 558 g/mol. The van der Waals surface area contributed by atoms with E-state index in [2.05, 4.69) is 45.1 Å². The lowest BCUT2D eigenvalue weighted by Gasteiger charge is -2.27. The van der Waals surface area contributed by atoms with Crippen LogP contribution in [0.4, 0.5) is 11.5 Å². The van der Waals surface area contributed by atoms with Crippen LogP contribution < -0.4 is 10.6 Å². The Labute approximate surface area is 253 Å². The third-order valence-electron chi connectivity index (χ3n) is 9.01. The maximum Gasteiger partial charge on any atom is 0.261 e. The van der Waals surface area contributed by atoms with E-state index in [-0.39, 0.29) is 5.91 Å². The maximum absolute atomic E-state index is 14.1. The van der Waals surface area contributed by atoms with E-state index in [0.29, 0.717) is 43.0 Å². The van der Waals surface area contributed by atoms with Crippen molar-refractivity contribution in [1.82, 2.24) is 24.8 Å². The van der Waals surface area contributed by atoms with Gasteiger partial charge in [0.25, 0.3) is 5.91 Å². The van der Waals surface area contributed by atoms with E-state index in [1.807, 2.05) is 18.2 Å². The van der Waals surface area contributed by atoms with Crippen LogP contribution in [0.1, 0.15) is 75.4 Å². The van der Waals surface area contributed by atoms with Gasteiger partial charge in [0.15, 0.2) is 0 Å². The molecule has 43 heavy (non-hydrogen) atoms. The van der Waals surface area contributed by atoms with E-state index in [4.69, 9.17) is 15.5 Å². The number of fused-ring (bicyclic) bond motifs is 4. The van der Waals surface area contributed by atoms with Crippen molar-refractivity contribution in [2.45, 2.75) is 57.3 Å². The van der Waals surface area contributed by atoms with E-state index >= 15 is 0 Å². The molecule has 10 heteroatoms. The molecule has 1 saturated carbocycles. The summed E-state index contributed by atoms with van der Waals surface area (Å²) in [5.74, 6) is 2.09. The molecule has 9 nitrogen and oxygen atoms in total. The molecule has 0 radical (unpaired) electrons. The molecule has 1 saturated heterocycles. The van der Waals surface area contributed by atoms with Crippen LogP contribution in [0.25, 0.3) is 21.1 Å². The summed E-state index contributed by atoms with van der Waals surface area (Å²) < 4.78 is 6.79. The van der Waals surface area contributed by atoms with Crippen molar-refractivity contribution in [3.05, 3.63) is 81.9 Å². The maximum atomic E-state index is 14.1. The zero-order chi connectivity index (χ0) is 29.1. The molecule has 2 fully saturated rings. The van der Waals surface area contributed by atoms with Crippen LogP contribution in [0.2, 0.25) is 0 Å². The minimum Gasteiger partial charge on any atom is -0.383 e. The van der Waals surface area contributed by atoms with E-state index in [1.165, 1.54) is 5.01 Å². The molecule has 5 heterocycles. The molecule has 0 spiro atoms. The van der Waals surface area contributed by atoms with Crippen LogP contribution in [-0.4, -0.2) is 50.9 Å². The molecule has 2 N–H and O–H groups in total. The number of pyridine rings is 1. The number of nitrogen functional groups attached to an aromatic ring is 1. The van der Waals surface area contributed by atoms with Gasteiger partial charge >= 0.3 is 0 Å². The summed E-state index contributed by atoms with van der Waals surface area (Å²) >= 11 is 1.77. The van der Waals surface area contributed by atoms with E-state index < -0.39 is 0 Å². The Bertz CT molecular complexity index is 1860. The molecule has 1 aliphatic carbocycles. The number of carbonyl (C=O) groups excluding carboxylic acids is 1. The number of anilines is 2. The minimum absolute atomic E-state index is 0.151. The monoisotopic (exact) mass is 591 g/mol. The fraction of sp³-hybridized carbons (Fsp3) is 0.364. The first-order valence-corrected chi connectivity index (χ1v) is 15.8. The van der Waals surface area contributed by atoms with E-state index in [1.54, 1.807) is 28.6 Å². The summed E-state index contributed by atoms with van der Waals surface area (Å²) in [5, 5.41) is 2.23. The zero-order valence-corrected chi connectivity index (χ0v) is 24.9. The number of hydrogen-bond donors (Lipinski definition) is 1. The number of amides is 1. The molecule has 1 amide bonds. The quantitative estimate of drug-likeness (QED) is 0.265. The molecule has 218 valence electrons. The van der Waals surface area contributed by atoms with Crippen molar-refractivity contribution in [3.8, 4) is 0 Å². The number of rotatable bonds is 6. The number of piperidine rings is 1. The Morgan fingerprint density at radius 1 is 0.977 bits per heavy atom. The van der Waals surface area contributed by atoms with E-state index in [0.717, 1.165) is 88.1 Å². The average Bonchev–Trinajstić information content (AvgIpc) is 3.59. The number of hydrogen-bond acceptors (Lipinski definition) is 9. The fourth-order valence-electron chi connectivity index (χ4n) is 6.27. The lowest BCUT2D eigenvalue weighted by molar-refractivity contribution is 0.0984. The zero-order valence-electron chi connectivity index (χ0n) is 24.1. The highest BCUT2D eigenvalue weighted by molar-refractivity contribution is 7.18. The Balaban J connectivity index is 1.15. The Morgan fingerprint density at radius 2 is 1.77 bits per heavy atom. The predicted molar refractivity (Wildman–Crippen MR) is 168 cm³/mol. The number of aromatic nitrogens is 4. The van der Waals surface area contributed by atoms with Crippen molar-refractivity contribution in [2.75, 3.05) is 30.8 Å². The molecule has 0 bridgehead atoms. The first-order chi connectivity index (χ1) is 21.0. The van der Waals surface area contributed by atoms with Crippen molar-refractivity contribution < 1.29 is 9.53 Å². The summed E-state index contributed by atoms with van der Waals surface area (Å²) in [6, 6.07) is 12.3. The van der Waals surface area contributed by atoms with Gasteiger partial charge in [-0.05, 0) is 81.2 Å². The van der Waals surface area contributed by atoms with Gasteiger partial charge in [-0.15, -0.1) is 11.3 Å². The van der Waals surface area contributed by atoms with Gasteiger partial charge in [0.05, 0.1) is 46.1 Å². The third kappa shape index (κ3) is 5.03. The van der Waals surface area contributed by atoms with Crippen molar-refractivity contribution in [3.63, 3.8) is 0 Å². The van der Waals surface area contributed by atoms with Crippen LogP contribution >= 0.6 is 11.3 Å². The SMILES string of the molecule is CN1CCC(c2nc3cc(N(Cc4ccc5c6c(c(N)nc5c4)COC6)C(=O)c4cnc(C5CC5)nc4)ccc3s2)CC1. The number of carbonyl (C=O) groups is 1. The number of ether oxygens (including phenoxy) is 1. The summed E-state index contributed by atoms with van der Waals surface area (Å²) in [6.07, 6.45) is 7.81. The molecule has 2 aromatic carbocycles. The van der Waals surface area contributed by atoms with Crippen molar-refractivity contribution in [1.29, 1.82) is 0 Å². The van der Waals surface area contributed by atoms with Crippen molar-refractivity contribution in [2.24, 2.45) is 0 Å². The van der Waals surface area contributed by atoms with Crippen molar-refractivity contribution >= 4 is 49.9 Å². The Kier molecular flexibility index (Phi) is 6.58. The van der Waals surface area contributed by atoms with Gasteiger partial charge in [0.2, 0.25) is 0 Å². The summed E-state index contributed by atoms with van der Waals surface area (Å²) in [4.78, 5) is 37.1. The van der Waals surface area contributed by atoms with E-state index in [9.17, 15) is 4.79 Å². The second kappa shape index (κ2) is 10.6. The third-order valence-corrected chi connectivity index (χ3v) is 10.2. The number of likely N-dealkylation sites (tertiary alicyclic amines) is 1.